The lowest BCUT2D eigenvalue weighted by molar-refractivity contribution is 0.201. The fourth-order valence-electron chi connectivity index (χ4n) is 3.91. The van der Waals surface area contributed by atoms with Crippen LogP contribution in [-0.2, 0) is 6.54 Å². The fraction of sp³-hybridized carbons (Fsp3) is 0.714. The van der Waals surface area contributed by atoms with Crippen molar-refractivity contribution in [2.75, 3.05) is 26.2 Å². The summed E-state index contributed by atoms with van der Waals surface area (Å²) in [6, 6.07) is 3.74. The van der Waals surface area contributed by atoms with E-state index >= 15 is 0 Å². The summed E-state index contributed by atoms with van der Waals surface area (Å²) >= 11 is 0. The van der Waals surface area contributed by atoms with Crippen LogP contribution in [0.3, 0.4) is 0 Å². The maximum absolute atomic E-state index is 12.0. The van der Waals surface area contributed by atoms with Gasteiger partial charge in [0.25, 0.3) is 0 Å². The van der Waals surface area contributed by atoms with Gasteiger partial charge in [0, 0.05) is 25.4 Å². The molecule has 0 spiro atoms. The lowest BCUT2D eigenvalue weighted by atomic mass is 10.2. The predicted molar refractivity (Wildman–Crippen MR) is 107 cm³/mol. The second kappa shape index (κ2) is 11.1. The summed E-state index contributed by atoms with van der Waals surface area (Å²) in [5.74, 6) is 0.666. The van der Waals surface area contributed by atoms with Crippen LogP contribution >= 0.6 is 0 Å². The molecule has 3 rings (SSSR count). The first-order chi connectivity index (χ1) is 13.3. The Balaban J connectivity index is 1.30. The third-order valence-corrected chi connectivity index (χ3v) is 5.48. The van der Waals surface area contributed by atoms with Gasteiger partial charge in [-0.05, 0) is 76.2 Å². The molecule has 2 heterocycles. The molecular weight excluding hydrogens is 340 g/mol. The molecule has 1 aliphatic heterocycles. The van der Waals surface area contributed by atoms with E-state index in [0.29, 0.717) is 25.1 Å². The maximum Gasteiger partial charge on any atom is 0.315 e. The van der Waals surface area contributed by atoms with Crippen LogP contribution in [0, 0.1) is 0 Å². The van der Waals surface area contributed by atoms with Crippen molar-refractivity contribution in [1.29, 1.82) is 0 Å². The lowest BCUT2D eigenvalue weighted by Gasteiger charge is -2.19. The molecule has 2 fully saturated rings. The molecule has 0 radical (unpaired) electrons. The van der Waals surface area contributed by atoms with Crippen LogP contribution in [0.25, 0.3) is 0 Å². The molecule has 0 unspecified atom stereocenters. The zero-order valence-corrected chi connectivity index (χ0v) is 16.4. The van der Waals surface area contributed by atoms with Crippen LogP contribution in [0.4, 0.5) is 4.79 Å². The minimum Gasteiger partial charge on any atom is -0.474 e. The second-order valence-corrected chi connectivity index (χ2v) is 7.75. The van der Waals surface area contributed by atoms with Crippen molar-refractivity contribution < 1.29 is 9.53 Å². The normalized spacial score (nSPS) is 18.8. The van der Waals surface area contributed by atoms with E-state index in [1.807, 2.05) is 12.1 Å². The van der Waals surface area contributed by atoms with E-state index in [1.165, 1.54) is 51.6 Å². The molecule has 2 amide bonds. The Kier molecular flexibility index (Phi) is 8.21. The van der Waals surface area contributed by atoms with Crippen LogP contribution < -0.4 is 15.4 Å². The number of ether oxygens (including phenoxy) is 1. The number of rotatable bonds is 8. The number of carbonyl (C=O) groups is 1. The highest BCUT2D eigenvalue weighted by Gasteiger charge is 2.17. The van der Waals surface area contributed by atoms with Crippen molar-refractivity contribution in [3.8, 4) is 5.88 Å². The Morgan fingerprint density at radius 1 is 1.11 bits per heavy atom. The summed E-state index contributed by atoms with van der Waals surface area (Å²) in [5, 5.41) is 5.88. The van der Waals surface area contributed by atoms with E-state index in [4.69, 9.17) is 4.74 Å². The molecule has 0 bridgehead atoms. The largest absolute Gasteiger partial charge is 0.474 e. The minimum atomic E-state index is -0.110. The van der Waals surface area contributed by atoms with Crippen molar-refractivity contribution in [2.45, 2.75) is 70.4 Å². The van der Waals surface area contributed by atoms with E-state index in [2.05, 4.69) is 20.5 Å². The average Bonchev–Trinajstić information content (AvgIpc) is 3.05. The highest BCUT2D eigenvalue weighted by Crippen LogP contribution is 2.23. The molecule has 1 aliphatic carbocycles. The summed E-state index contributed by atoms with van der Waals surface area (Å²) in [7, 11) is 0. The zero-order chi connectivity index (χ0) is 18.7. The van der Waals surface area contributed by atoms with Crippen LogP contribution in [0.5, 0.6) is 5.88 Å². The molecule has 150 valence electrons. The van der Waals surface area contributed by atoms with Gasteiger partial charge in [0.1, 0.15) is 6.10 Å². The third-order valence-electron chi connectivity index (χ3n) is 5.48. The number of hydrogen-bond acceptors (Lipinski definition) is 4. The van der Waals surface area contributed by atoms with Gasteiger partial charge in [-0.2, -0.15) is 0 Å². The van der Waals surface area contributed by atoms with Crippen molar-refractivity contribution in [3.05, 3.63) is 23.9 Å². The minimum absolute atomic E-state index is 0.110. The predicted octanol–water partition coefficient (Wildman–Crippen LogP) is 3.47. The highest BCUT2D eigenvalue weighted by molar-refractivity contribution is 5.73. The molecular formula is C21H34N4O2. The zero-order valence-electron chi connectivity index (χ0n) is 16.4. The summed E-state index contributed by atoms with van der Waals surface area (Å²) in [6.45, 7) is 4.70. The standard InChI is InChI=1S/C21H34N4O2/c26-21(23-11-7-15-25-13-5-1-2-6-14-25)24-17-18-10-12-22-20(16-18)27-19-8-3-4-9-19/h10,12,16,19H,1-9,11,13-15,17H2,(H2,23,24,26). The maximum atomic E-state index is 12.0. The summed E-state index contributed by atoms with van der Waals surface area (Å²) < 4.78 is 5.92. The van der Waals surface area contributed by atoms with Gasteiger partial charge in [0.05, 0.1) is 0 Å². The number of hydrogen-bond donors (Lipinski definition) is 2. The SMILES string of the molecule is O=C(NCCCN1CCCCCC1)NCc1ccnc(OC2CCCC2)c1. The smallest absolute Gasteiger partial charge is 0.315 e. The molecule has 1 aromatic heterocycles. The molecule has 0 atom stereocenters. The number of aromatic nitrogens is 1. The Hall–Kier alpha value is -1.82. The van der Waals surface area contributed by atoms with Gasteiger partial charge in [0.2, 0.25) is 5.88 Å². The van der Waals surface area contributed by atoms with Gasteiger partial charge in [0.15, 0.2) is 0 Å². The van der Waals surface area contributed by atoms with Crippen molar-refractivity contribution in [2.24, 2.45) is 0 Å². The van der Waals surface area contributed by atoms with Crippen LogP contribution in [0.1, 0.15) is 63.4 Å². The summed E-state index contributed by atoms with van der Waals surface area (Å²) in [6.07, 6.45) is 13.1. The number of urea groups is 1. The lowest BCUT2D eigenvalue weighted by Crippen LogP contribution is -2.37. The Bertz CT molecular complexity index is 567. The molecule has 27 heavy (non-hydrogen) atoms. The van der Waals surface area contributed by atoms with Gasteiger partial charge in [-0.3, -0.25) is 0 Å². The number of likely N-dealkylation sites (tertiary alicyclic amines) is 1. The van der Waals surface area contributed by atoms with Crippen LogP contribution in [-0.4, -0.2) is 48.2 Å². The fourth-order valence-corrected chi connectivity index (χ4v) is 3.91. The number of nitrogens with one attached hydrogen (secondary N) is 2. The van der Waals surface area contributed by atoms with E-state index in [9.17, 15) is 4.79 Å². The molecule has 6 nitrogen and oxygen atoms in total. The number of pyridine rings is 1. The van der Waals surface area contributed by atoms with Crippen LogP contribution in [0.2, 0.25) is 0 Å². The Morgan fingerprint density at radius 3 is 2.67 bits per heavy atom. The van der Waals surface area contributed by atoms with Gasteiger partial charge < -0.3 is 20.3 Å². The van der Waals surface area contributed by atoms with E-state index < -0.39 is 0 Å². The second-order valence-electron chi connectivity index (χ2n) is 7.75. The van der Waals surface area contributed by atoms with Crippen molar-refractivity contribution in [1.82, 2.24) is 20.5 Å². The average molecular weight is 375 g/mol. The quantitative estimate of drug-likeness (QED) is 0.684. The molecule has 1 saturated carbocycles. The Morgan fingerprint density at radius 2 is 1.89 bits per heavy atom. The molecule has 1 aromatic rings. The number of carbonyl (C=O) groups excluding carboxylic acids is 1. The van der Waals surface area contributed by atoms with Gasteiger partial charge >= 0.3 is 6.03 Å². The summed E-state index contributed by atoms with van der Waals surface area (Å²) in [5.41, 5.74) is 1.01. The molecule has 2 aliphatic rings. The third kappa shape index (κ3) is 7.37. The molecule has 6 heteroatoms. The molecule has 0 aromatic carbocycles. The van der Waals surface area contributed by atoms with Crippen molar-refractivity contribution in [3.63, 3.8) is 0 Å². The van der Waals surface area contributed by atoms with Gasteiger partial charge in [-0.15, -0.1) is 0 Å². The first-order valence-electron chi connectivity index (χ1n) is 10.7. The monoisotopic (exact) mass is 374 g/mol. The van der Waals surface area contributed by atoms with E-state index in [-0.39, 0.29) is 6.03 Å². The van der Waals surface area contributed by atoms with Crippen LogP contribution in [0.15, 0.2) is 18.3 Å². The van der Waals surface area contributed by atoms with E-state index in [1.54, 1.807) is 6.20 Å². The van der Waals surface area contributed by atoms with E-state index in [0.717, 1.165) is 31.4 Å². The van der Waals surface area contributed by atoms with Gasteiger partial charge in [-0.1, -0.05) is 12.8 Å². The molecule has 2 N–H and O–H groups in total. The first-order valence-corrected chi connectivity index (χ1v) is 10.7. The number of amides is 2. The topological polar surface area (TPSA) is 66.5 Å². The Labute approximate surface area is 163 Å². The molecule has 1 saturated heterocycles. The van der Waals surface area contributed by atoms with Crippen molar-refractivity contribution >= 4 is 6.03 Å². The summed E-state index contributed by atoms with van der Waals surface area (Å²) in [4.78, 5) is 18.8. The van der Waals surface area contributed by atoms with Gasteiger partial charge in [-0.25, -0.2) is 9.78 Å². The first kappa shape index (κ1) is 19.9. The highest BCUT2D eigenvalue weighted by atomic mass is 16.5. The number of nitrogens with zero attached hydrogens (tertiary/aromatic N) is 2.